The molecule has 0 fully saturated rings. The minimum Gasteiger partial charge on any atom is -0.346 e. The van der Waals surface area contributed by atoms with Gasteiger partial charge in [0.1, 0.15) is 5.82 Å². The number of aromatic nitrogens is 2. The molecule has 2 aromatic heterocycles. The molecule has 0 aliphatic rings. The molecule has 0 bridgehead atoms. The summed E-state index contributed by atoms with van der Waals surface area (Å²) in [6, 6.07) is 12.0. The average Bonchev–Trinajstić information content (AvgIpc) is 3.25. The number of thioether (sulfide) groups is 1. The van der Waals surface area contributed by atoms with E-state index in [1.54, 1.807) is 23.1 Å². The number of H-pyrrole nitrogens is 1. The first-order valence-corrected chi connectivity index (χ1v) is 10.3. The van der Waals surface area contributed by atoms with Crippen molar-refractivity contribution >= 4 is 40.0 Å². The topological polar surface area (TPSA) is 57.8 Å². The van der Waals surface area contributed by atoms with Gasteiger partial charge >= 0.3 is 0 Å². The maximum absolute atomic E-state index is 12.3. The van der Waals surface area contributed by atoms with Crippen molar-refractivity contribution < 1.29 is 4.79 Å². The molecule has 0 aliphatic heterocycles. The molecule has 2 heterocycles. The van der Waals surface area contributed by atoms with Gasteiger partial charge in [0.2, 0.25) is 5.91 Å². The molecule has 3 rings (SSSR count). The number of imidazole rings is 1. The highest BCUT2D eigenvalue weighted by Crippen LogP contribution is 2.20. The third-order valence-electron chi connectivity index (χ3n) is 3.86. The maximum atomic E-state index is 12.3. The fourth-order valence-electron chi connectivity index (χ4n) is 2.61. The molecule has 0 saturated heterocycles. The number of benzene rings is 1. The van der Waals surface area contributed by atoms with Gasteiger partial charge in [0.25, 0.3) is 0 Å². The molecule has 126 valence electrons. The first-order chi connectivity index (χ1) is 11.8. The van der Waals surface area contributed by atoms with Crippen LogP contribution in [0.5, 0.6) is 0 Å². The van der Waals surface area contributed by atoms with Gasteiger partial charge in [-0.25, -0.2) is 4.98 Å². The smallest absolute Gasteiger partial charge is 0.220 e. The van der Waals surface area contributed by atoms with Crippen LogP contribution in [0.2, 0.25) is 0 Å². The Labute approximate surface area is 150 Å². The van der Waals surface area contributed by atoms with E-state index in [1.807, 2.05) is 35.7 Å². The average molecular weight is 360 g/mol. The van der Waals surface area contributed by atoms with E-state index in [0.29, 0.717) is 6.42 Å². The highest BCUT2D eigenvalue weighted by molar-refractivity contribution is 7.98. The van der Waals surface area contributed by atoms with Gasteiger partial charge in [-0.05, 0) is 48.4 Å². The Morgan fingerprint density at radius 2 is 2.21 bits per heavy atom. The minimum atomic E-state index is -0.0688. The lowest BCUT2D eigenvalue weighted by molar-refractivity contribution is -0.121. The number of para-hydroxylation sites is 2. The maximum Gasteiger partial charge on any atom is 0.220 e. The molecule has 0 spiro atoms. The zero-order chi connectivity index (χ0) is 16.8. The van der Waals surface area contributed by atoms with E-state index < -0.39 is 0 Å². The van der Waals surface area contributed by atoms with Crippen LogP contribution in [0.1, 0.15) is 29.6 Å². The Kier molecular flexibility index (Phi) is 5.93. The quantitative estimate of drug-likeness (QED) is 0.635. The summed E-state index contributed by atoms with van der Waals surface area (Å²) in [5.74, 6) is 1.90. The summed E-state index contributed by atoms with van der Waals surface area (Å²) in [7, 11) is 0. The summed E-state index contributed by atoms with van der Waals surface area (Å²) in [6.07, 6.45) is 4.25. The van der Waals surface area contributed by atoms with Gasteiger partial charge in [0.15, 0.2) is 0 Å². The van der Waals surface area contributed by atoms with Crippen molar-refractivity contribution in [3.63, 3.8) is 0 Å². The second-order valence-electron chi connectivity index (χ2n) is 5.62. The minimum absolute atomic E-state index is 0.0688. The molecule has 2 N–H and O–H groups in total. The Morgan fingerprint density at radius 1 is 1.33 bits per heavy atom. The molecular formula is C18H21N3OS2. The molecule has 1 atom stereocenters. The standard InChI is InChI=1S/C18H21N3OS2/c1-23-12-10-16(18-20-14-6-2-3-7-15(14)21-18)19-17(22)9-8-13-5-4-11-24-13/h2-7,11,16H,8-10,12H2,1H3,(H,19,22)(H,20,21)/t16-/m1/s1. The highest BCUT2D eigenvalue weighted by Gasteiger charge is 2.18. The van der Waals surface area contributed by atoms with E-state index in [4.69, 9.17) is 0 Å². The Balaban J connectivity index is 1.67. The van der Waals surface area contributed by atoms with E-state index in [2.05, 4.69) is 27.6 Å². The van der Waals surface area contributed by atoms with Crippen LogP contribution in [0, 0.1) is 0 Å². The van der Waals surface area contributed by atoms with Crippen LogP contribution in [-0.2, 0) is 11.2 Å². The number of aryl methyl sites for hydroxylation is 1. The largest absolute Gasteiger partial charge is 0.346 e. The van der Waals surface area contributed by atoms with Crippen LogP contribution in [-0.4, -0.2) is 27.9 Å². The van der Waals surface area contributed by atoms with Crippen molar-refractivity contribution in [2.45, 2.75) is 25.3 Å². The number of amides is 1. The monoisotopic (exact) mass is 359 g/mol. The van der Waals surface area contributed by atoms with Gasteiger partial charge in [-0.15, -0.1) is 11.3 Å². The predicted molar refractivity (Wildman–Crippen MR) is 103 cm³/mol. The molecule has 1 amide bonds. The van der Waals surface area contributed by atoms with Gasteiger partial charge in [-0.2, -0.15) is 11.8 Å². The van der Waals surface area contributed by atoms with Crippen molar-refractivity contribution in [2.75, 3.05) is 12.0 Å². The number of hydrogen-bond acceptors (Lipinski definition) is 4. The summed E-state index contributed by atoms with van der Waals surface area (Å²) in [4.78, 5) is 21.6. The second-order valence-corrected chi connectivity index (χ2v) is 7.64. The summed E-state index contributed by atoms with van der Waals surface area (Å²) in [6.45, 7) is 0. The Morgan fingerprint density at radius 3 is 2.96 bits per heavy atom. The van der Waals surface area contributed by atoms with Gasteiger partial charge in [-0.3, -0.25) is 4.79 Å². The molecule has 0 saturated carbocycles. The van der Waals surface area contributed by atoms with Crippen LogP contribution < -0.4 is 5.32 Å². The van der Waals surface area contributed by atoms with E-state index in [1.165, 1.54) is 4.88 Å². The van der Waals surface area contributed by atoms with Gasteiger partial charge in [-0.1, -0.05) is 18.2 Å². The molecule has 4 nitrogen and oxygen atoms in total. The third-order valence-corrected chi connectivity index (χ3v) is 5.44. The van der Waals surface area contributed by atoms with Crippen molar-refractivity contribution in [3.05, 3.63) is 52.5 Å². The van der Waals surface area contributed by atoms with Gasteiger partial charge in [0.05, 0.1) is 17.1 Å². The van der Waals surface area contributed by atoms with Crippen molar-refractivity contribution in [2.24, 2.45) is 0 Å². The number of rotatable bonds is 8. The second kappa shape index (κ2) is 8.35. The zero-order valence-corrected chi connectivity index (χ0v) is 15.3. The first kappa shape index (κ1) is 17.0. The number of fused-ring (bicyclic) bond motifs is 1. The molecule has 0 unspecified atom stereocenters. The number of nitrogens with zero attached hydrogens (tertiary/aromatic N) is 1. The molecule has 1 aromatic carbocycles. The highest BCUT2D eigenvalue weighted by atomic mass is 32.2. The van der Waals surface area contributed by atoms with Gasteiger partial charge < -0.3 is 10.3 Å². The molecule has 0 aliphatic carbocycles. The van der Waals surface area contributed by atoms with Crippen LogP contribution in [0.3, 0.4) is 0 Å². The van der Waals surface area contributed by atoms with E-state index in [9.17, 15) is 4.79 Å². The number of hydrogen-bond donors (Lipinski definition) is 2. The summed E-state index contributed by atoms with van der Waals surface area (Å²) in [5, 5.41) is 5.19. The lowest BCUT2D eigenvalue weighted by atomic mass is 10.2. The number of aromatic amines is 1. The lowest BCUT2D eigenvalue weighted by Crippen LogP contribution is -2.29. The Bertz CT molecular complexity index is 750. The number of carbonyl (C=O) groups is 1. The zero-order valence-electron chi connectivity index (χ0n) is 13.6. The van der Waals surface area contributed by atoms with Crippen molar-refractivity contribution in [3.8, 4) is 0 Å². The summed E-state index contributed by atoms with van der Waals surface area (Å²) in [5.41, 5.74) is 1.95. The fourth-order valence-corrected chi connectivity index (χ4v) is 3.79. The van der Waals surface area contributed by atoms with Crippen molar-refractivity contribution in [1.82, 2.24) is 15.3 Å². The molecule has 24 heavy (non-hydrogen) atoms. The van der Waals surface area contributed by atoms with Crippen LogP contribution in [0.25, 0.3) is 11.0 Å². The first-order valence-electron chi connectivity index (χ1n) is 8.01. The molecular weight excluding hydrogens is 338 g/mol. The third kappa shape index (κ3) is 4.39. The predicted octanol–water partition coefficient (Wildman–Crippen LogP) is 4.17. The number of thiophene rings is 1. The Hall–Kier alpha value is -1.79. The van der Waals surface area contributed by atoms with E-state index >= 15 is 0 Å². The molecule has 0 radical (unpaired) electrons. The van der Waals surface area contributed by atoms with E-state index in [0.717, 1.165) is 35.5 Å². The summed E-state index contributed by atoms with van der Waals surface area (Å²) >= 11 is 3.47. The van der Waals surface area contributed by atoms with E-state index in [-0.39, 0.29) is 11.9 Å². The number of nitrogens with one attached hydrogen (secondary N) is 2. The van der Waals surface area contributed by atoms with Crippen LogP contribution >= 0.6 is 23.1 Å². The van der Waals surface area contributed by atoms with Crippen molar-refractivity contribution in [1.29, 1.82) is 0 Å². The lowest BCUT2D eigenvalue weighted by Gasteiger charge is -2.16. The number of carbonyl (C=O) groups excluding carboxylic acids is 1. The molecule has 6 heteroatoms. The SMILES string of the molecule is CSCC[C@@H](NC(=O)CCc1cccs1)c1nc2ccccc2[nH]1. The fraction of sp³-hybridized carbons (Fsp3) is 0.333. The summed E-state index contributed by atoms with van der Waals surface area (Å²) < 4.78 is 0. The van der Waals surface area contributed by atoms with Gasteiger partial charge in [0, 0.05) is 11.3 Å². The van der Waals surface area contributed by atoms with Crippen LogP contribution in [0.4, 0.5) is 0 Å². The molecule has 3 aromatic rings. The van der Waals surface area contributed by atoms with Crippen LogP contribution in [0.15, 0.2) is 41.8 Å². The normalized spacial score (nSPS) is 12.4.